The molecular formula is C20H22N4O4S. The molecule has 1 fully saturated rings. The second-order valence-corrected chi connectivity index (χ2v) is 7.99. The number of hydrogen-bond donors (Lipinski definition) is 1. The number of aryl methyl sites for hydroxylation is 1. The average molecular weight is 414 g/mol. The lowest BCUT2D eigenvalue weighted by molar-refractivity contribution is -0.134. The zero-order chi connectivity index (χ0) is 20.4. The second kappa shape index (κ2) is 8.30. The quantitative estimate of drug-likeness (QED) is 0.662. The number of thiazole rings is 1. The fourth-order valence-corrected chi connectivity index (χ4v) is 4.25. The maximum atomic E-state index is 13.1. The summed E-state index contributed by atoms with van der Waals surface area (Å²) in [7, 11) is 0. The Hall–Kier alpha value is -2.78. The van der Waals surface area contributed by atoms with Gasteiger partial charge in [-0.1, -0.05) is 23.5 Å². The minimum Gasteiger partial charge on any atom is -0.376 e. The summed E-state index contributed by atoms with van der Waals surface area (Å²) in [5.74, 6) is 0.203. The Balaban J connectivity index is 1.60. The highest BCUT2D eigenvalue weighted by Crippen LogP contribution is 2.15. The van der Waals surface area contributed by atoms with Crippen LogP contribution in [0.5, 0.6) is 0 Å². The summed E-state index contributed by atoms with van der Waals surface area (Å²) in [6.45, 7) is 2.99. The summed E-state index contributed by atoms with van der Waals surface area (Å²) in [5.41, 5.74) is 1.10. The lowest BCUT2D eigenvalue weighted by Gasteiger charge is -2.25. The SMILES string of the molecule is Cc1csc(=O)n1CC(=O)N(Cc1nc2ccccc2c(=O)[nH]1)CC1CCCO1. The molecule has 1 amide bonds. The number of nitrogens with zero attached hydrogens (tertiary/aromatic N) is 3. The van der Waals surface area contributed by atoms with E-state index < -0.39 is 0 Å². The van der Waals surface area contributed by atoms with Gasteiger partial charge in [-0.15, -0.1) is 0 Å². The van der Waals surface area contributed by atoms with Crippen molar-refractivity contribution in [2.24, 2.45) is 0 Å². The van der Waals surface area contributed by atoms with E-state index in [1.807, 2.05) is 6.07 Å². The Morgan fingerprint density at radius 3 is 2.93 bits per heavy atom. The van der Waals surface area contributed by atoms with Crippen LogP contribution in [-0.4, -0.2) is 44.6 Å². The first-order chi connectivity index (χ1) is 14.0. The fraction of sp³-hybridized carbons (Fsp3) is 0.400. The first kappa shape index (κ1) is 19.5. The molecule has 3 heterocycles. The molecule has 3 aromatic rings. The molecule has 1 atom stereocenters. The summed E-state index contributed by atoms with van der Waals surface area (Å²) < 4.78 is 7.16. The Kier molecular flexibility index (Phi) is 5.59. The fourth-order valence-electron chi connectivity index (χ4n) is 3.51. The number of carbonyl (C=O) groups is 1. The number of carbonyl (C=O) groups excluding carboxylic acids is 1. The highest BCUT2D eigenvalue weighted by atomic mass is 32.1. The van der Waals surface area contributed by atoms with Crippen molar-refractivity contribution in [1.82, 2.24) is 19.4 Å². The van der Waals surface area contributed by atoms with Gasteiger partial charge >= 0.3 is 4.87 Å². The first-order valence-corrected chi connectivity index (χ1v) is 10.4. The molecule has 0 aliphatic carbocycles. The van der Waals surface area contributed by atoms with Crippen LogP contribution in [0.4, 0.5) is 0 Å². The molecule has 1 unspecified atom stereocenters. The first-order valence-electron chi connectivity index (χ1n) is 9.53. The van der Waals surface area contributed by atoms with Gasteiger partial charge in [-0.3, -0.25) is 19.0 Å². The van der Waals surface area contributed by atoms with Crippen LogP contribution in [0, 0.1) is 6.92 Å². The van der Waals surface area contributed by atoms with Gasteiger partial charge in [-0.25, -0.2) is 4.98 Å². The molecule has 0 spiro atoms. The van der Waals surface area contributed by atoms with Crippen molar-refractivity contribution in [3.8, 4) is 0 Å². The molecule has 1 aliphatic heterocycles. The second-order valence-electron chi connectivity index (χ2n) is 7.17. The molecule has 29 heavy (non-hydrogen) atoms. The van der Waals surface area contributed by atoms with Crippen molar-refractivity contribution < 1.29 is 9.53 Å². The van der Waals surface area contributed by atoms with E-state index in [-0.39, 0.29) is 35.5 Å². The number of nitrogens with one attached hydrogen (secondary N) is 1. The predicted octanol–water partition coefficient (Wildman–Crippen LogP) is 1.66. The van der Waals surface area contributed by atoms with Gasteiger partial charge in [0.25, 0.3) is 5.56 Å². The van der Waals surface area contributed by atoms with Crippen molar-refractivity contribution >= 4 is 28.1 Å². The molecule has 9 heteroatoms. The predicted molar refractivity (Wildman–Crippen MR) is 110 cm³/mol. The molecule has 0 bridgehead atoms. The molecular weight excluding hydrogens is 392 g/mol. The number of para-hydroxylation sites is 1. The van der Waals surface area contributed by atoms with Crippen molar-refractivity contribution in [2.45, 2.75) is 39.0 Å². The Morgan fingerprint density at radius 1 is 1.38 bits per heavy atom. The number of hydrogen-bond acceptors (Lipinski definition) is 6. The molecule has 152 valence electrons. The molecule has 1 saturated heterocycles. The van der Waals surface area contributed by atoms with Crippen LogP contribution in [0.1, 0.15) is 24.4 Å². The zero-order valence-electron chi connectivity index (χ0n) is 16.1. The zero-order valence-corrected chi connectivity index (χ0v) is 16.9. The Labute approximate surface area is 170 Å². The molecule has 0 saturated carbocycles. The van der Waals surface area contributed by atoms with Crippen LogP contribution in [0.25, 0.3) is 10.9 Å². The number of benzene rings is 1. The van der Waals surface area contributed by atoms with E-state index in [2.05, 4.69) is 9.97 Å². The number of H-pyrrole nitrogens is 1. The van der Waals surface area contributed by atoms with Crippen LogP contribution in [-0.2, 0) is 22.6 Å². The van der Waals surface area contributed by atoms with Gasteiger partial charge in [0.15, 0.2) is 0 Å². The van der Waals surface area contributed by atoms with Gasteiger partial charge in [0.1, 0.15) is 12.4 Å². The molecule has 4 rings (SSSR count). The van der Waals surface area contributed by atoms with Crippen LogP contribution in [0.2, 0.25) is 0 Å². The standard InChI is InChI=1S/C20H22N4O4S/c1-13-12-29-20(27)24(13)11-18(25)23(9-14-5-4-8-28-14)10-17-21-16-7-3-2-6-15(16)19(26)22-17/h2-3,6-7,12,14H,4-5,8-11H2,1H3,(H,21,22,26). The van der Waals surface area contributed by atoms with E-state index in [0.29, 0.717) is 29.9 Å². The van der Waals surface area contributed by atoms with E-state index in [1.54, 1.807) is 35.4 Å². The van der Waals surface area contributed by atoms with E-state index >= 15 is 0 Å². The summed E-state index contributed by atoms with van der Waals surface area (Å²) in [5, 5.41) is 2.25. The van der Waals surface area contributed by atoms with Gasteiger partial charge in [0.05, 0.1) is 23.6 Å². The highest BCUT2D eigenvalue weighted by molar-refractivity contribution is 7.07. The van der Waals surface area contributed by atoms with Crippen molar-refractivity contribution in [3.05, 3.63) is 61.2 Å². The smallest absolute Gasteiger partial charge is 0.307 e. The maximum absolute atomic E-state index is 13.1. The van der Waals surface area contributed by atoms with Gasteiger partial charge in [-0.05, 0) is 31.9 Å². The van der Waals surface area contributed by atoms with Gasteiger partial charge in [-0.2, -0.15) is 0 Å². The third-order valence-electron chi connectivity index (χ3n) is 5.07. The van der Waals surface area contributed by atoms with Crippen LogP contribution in [0.15, 0.2) is 39.2 Å². The van der Waals surface area contributed by atoms with E-state index in [0.717, 1.165) is 29.9 Å². The van der Waals surface area contributed by atoms with Crippen LogP contribution >= 0.6 is 11.3 Å². The Bertz CT molecular complexity index is 1140. The number of ether oxygens (including phenoxy) is 1. The third-order valence-corrected chi connectivity index (χ3v) is 5.95. The summed E-state index contributed by atoms with van der Waals surface area (Å²) in [6.07, 6.45) is 1.79. The lowest BCUT2D eigenvalue weighted by atomic mass is 10.2. The van der Waals surface area contributed by atoms with E-state index in [9.17, 15) is 14.4 Å². The molecule has 2 aromatic heterocycles. The monoisotopic (exact) mass is 414 g/mol. The minimum absolute atomic E-state index is 0.0430. The lowest BCUT2D eigenvalue weighted by Crippen LogP contribution is -2.40. The van der Waals surface area contributed by atoms with Gasteiger partial charge in [0.2, 0.25) is 5.91 Å². The highest BCUT2D eigenvalue weighted by Gasteiger charge is 2.24. The molecule has 1 aromatic carbocycles. The molecule has 1 aliphatic rings. The largest absolute Gasteiger partial charge is 0.376 e. The van der Waals surface area contributed by atoms with Crippen molar-refractivity contribution in [2.75, 3.05) is 13.2 Å². The minimum atomic E-state index is -0.236. The summed E-state index contributed by atoms with van der Waals surface area (Å²) in [6, 6.07) is 7.09. The summed E-state index contributed by atoms with van der Waals surface area (Å²) in [4.78, 5) is 46.2. The number of amides is 1. The van der Waals surface area contributed by atoms with Gasteiger partial charge in [0, 0.05) is 24.2 Å². The van der Waals surface area contributed by atoms with Gasteiger partial charge < -0.3 is 14.6 Å². The van der Waals surface area contributed by atoms with E-state index in [1.165, 1.54) is 4.57 Å². The average Bonchev–Trinajstić information content (AvgIpc) is 3.33. The molecule has 0 radical (unpaired) electrons. The topological polar surface area (TPSA) is 97.3 Å². The van der Waals surface area contributed by atoms with E-state index in [4.69, 9.17) is 4.74 Å². The normalized spacial score (nSPS) is 16.4. The number of aromatic nitrogens is 3. The van der Waals surface area contributed by atoms with Crippen molar-refractivity contribution in [1.29, 1.82) is 0 Å². The number of rotatable bonds is 6. The van der Waals surface area contributed by atoms with Crippen LogP contribution < -0.4 is 10.4 Å². The Morgan fingerprint density at radius 2 is 2.21 bits per heavy atom. The number of fused-ring (bicyclic) bond motifs is 1. The van der Waals surface area contributed by atoms with Crippen molar-refractivity contribution in [3.63, 3.8) is 0 Å². The molecule has 8 nitrogen and oxygen atoms in total. The van der Waals surface area contributed by atoms with Crippen LogP contribution in [0.3, 0.4) is 0 Å². The number of aromatic amines is 1. The summed E-state index contributed by atoms with van der Waals surface area (Å²) >= 11 is 1.08. The third kappa shape index (κ3) is 4.30. The maximum Gasteiger partial charge on any atom is 0.307 e. The molecule has 1 N–H and O–H groups in total.